The van der Waals surface area contributed by atoms with Crippen molar-refractivity contribution in [2.24, 2.45) is 0 Å². The first-order valence-corrected chi connectivity index (χ1v) is 7.37. The third-order valence-electron chi connectivity index (χ3n) is 3.84. The van der Waals surface area contributed by atoms with Crippen LogP contribution in [0.1, 0.15) is 33.6 Å². The van der Waals surface area contributed by atoms with Gasteiger partial charge in [-0.05, 0) is 19.8 Å². The van der Waals surface area contributed by atoms with E-state index in [1.54, 1.807) is 6.92 Å². The fourth-order valence-electron chi connectivity index (χ4n) is 2.78. The molecule has 0 bridgehead atoms. The van der Waals surface area contributed by atoms with Crippen LogP contribution in [0.2, 0.25) is 0 Å². The lowest BCUT2D eigenvalue weighted by Crippen LogP contribution is -2.59. The molecule has 0 amide bonds. The van der Waals surface area contributed by atoms with E-state index < -0.39 is 5.97 Å². The third kappa shape index (κ3) is 4.76. The number of aliphatic carboxylic acids is 1. The quantitative estimate of drug-likeness (QED) is 0.698. The number of hydrogen-bond donors (Lipinski definition) is 1. The fourth-order valence-corrected chi connectivity index (χ4v) is 2.78. The van der Waals surface area contributed by atoms with Gasteiger partial charge in [0, 0.05) is 25.2 Å². The Bertz CT molecular complexity index is 335. The summed E-state index contributed by atoms with van der Waals surface area (Å²) in [7, 11) is 0. The van der Waals surface area contributed by atoms with Gasteiger partial charge in [-0.25, -0.2) is 0 Å². The summed E-state index contributed by atoms with van der Waals surface area (Å²) in [5.41, 5.74) is 0. The van der Waals surface area contributed by atoms with Gasteiger partial charge in [0.1, 0.15) is 0 Å². The molecule has 2 atom stereocenters. The van der Waals surface area contributed by atoms with Crippen molar-refractivity contribution in [2.45, 2.75) is 45.7 Å². The topological polar surface area (TPSA) is 70.1 Å². The molecule has 1 aliphatic rings. The highest BCUT2D eigenvalue weighted by Gasteiger charge is 2.33. The normalized spacial score (nSPS) is 24.6. The minimum atomic E-state index is -0.794. The summed E-state index contributed by atoms with van der Waals surface area (Å²) in [5, 5.41) is 8.99. The summed E-state index contributed by atoms with van der Waals surface area (Å²) in [6.45, 7) is 8.09. The molecule has 6 heteroatoms. The number of carbonyl (C=O) groups excluding carboxylic acids is 1. The van der Waals surface area contributed by atoms with E-state index in [4.69, 9.17) is 9.84 Å². The van der Waals surface area contributed by atoms with Gasteiger partial charge in [0.15, 0.2) is 0 Å². The fraction of sp³-hybridized carbons (Fsp3) is 0.857. The maximum atomic E-state index is 11.7. The number of ether oxygens (including phenoxy) is 1. The first kappa shape index (κ1) is 16.9. The van der Waals surface area contributed by atoms with Crippen LogP contribution < -0.4 is 0 Å². The van der Waals surface area contributed by atoms with Gasteiger partial charge in [0.05, 0.1) is 19.7 Å². The van der Waals surface area contributed by atoms with Gasteiger partial charge < -0.3 is 9.84 Å². The number of nitrogens with zero attached hydrogens (tertiary/aromatic N) is 2. The SMILES string of the molecule is CCOC(=O)CN1CC(CC)N(CC(=O)O)CC1CC. The van der Waals surface area contributed by atoms with Crippen LogP contribution in [0, 0.1) is 0 Å². The van der Waals surface area contributed by atoms with Crippen molar-refractivity contribution in [2.75, 3.05) is 32.8 Å². The van der Waals surface area contributed by atoms with Crippen molar-refractivity contribution in [1.29, 1.82) is 0 Å². The highest BCUT2D eigenvalue weighted by atomic mass is 16.5. The zero-order chi connectivity index (χ0) is 15.1. The van der Waals surface area contributed by atoms with Crippen LogP contribution in [0.15, 0.2) is 0 Å². The molecule has 20 heavy (non-hydrogen) atoms. The number of carboxylic acids is 1. The largest absolute Gasteiger partial charge is 0.480 e. The molecule has 0 aromatic carbocycles. The molecule has 0 saturated carbocycles. The molecule has 0 aliphatic carbocycles. The van der Waals surface area contributed by atoms with Crippen molar-refractivity contribution >= 4 is 11.9 Å². The molecule has 0 radical (unpaired) electrons. The molecule has 1 N–H and O–H groups in total. The van der Waals surface area contributed by atoms with Gasteiger partial charge >= 0.3 is 11.9 Å². The van der Waals surface area contributed by atoms with E-state index in [9.17, 15) is 9.59 Å². The molecule has 1 heterocycles. The standard InChI is InChI=1S/C14H26N2O4/c1-4-11-8-16(10-14(19)20-6-3)12(5-2)7-15(11)9-13(17)18/h11-12H,4-10H2,1-3H3,(H,17,18). The zero-order valence-electron chi connectivity index (χ0n) is 12.7. The molecule has 1 fully saturated rings. The highest BCUT2D eigenvalue weighted by molar-refractivity contribution is 5.71. The number of hydrogen-bond acceptors (Lipinski definition) is 5. The number of carboxylic acid groups (broad SMARTS) is 1. The van der Waals surface area contributed by atoms with Crippen molar-refractivity contribution < 1.29 is 19.4 Å². The van der Waals surface area contributed by atoms with Gasteiger partial charge in [-0.3, -0.25) is 19.4 Å². The average Bonchev–Trinajstić information content (AvgIpc) is 2.39. The predicted octanol–water partition coefficient (Wildman–Crippen LogP) is 0.809. The summed E-state index contributed by atoms with van der Waals surface area (Å²) in [6.07, 6.45) is 1.77. The van der Waals surface area contributed by atoms with Crippen molar-refractivity contribution in [3.8, 4) is 0 Å². The van der Waals surface area contributed by atoms with E-state index >= 15 is 0 Å². The maximum absolute atomic E-state index is 11.7. The van der Waals surface area contributed by atoms with Crippen molar-refractivity contribution in [1.82, 2.24) is 9.80 Å². The molecule has 0 aromatic rings. The monoisotopic (exact) mass is 286 g/mol. The van der Waals surface area contributed by atoms with E-state index in [0.29, 0.717) is 19.7 Å². The molecule has 2 unspecified atom stereocenters. The maximum Gasteiger partial charge on any atom is 0.320 e. The lowest BCUT2D eigenvalue weighted by Gasteiger charge is -2.45. The second kappa shape index (κ2) is 8.21. The molecule has 0 spiro atoms. The Morgan fingerprint density at radius 2 is 1.55 bits per heavy atom. The Kier molecular flexibility index (Phi) is 6.95. The van der Waals surface area contributed by atoms with Gasteiger partial charge in [0.2, 0.25) is 0 Å². The summed E-state index contributed by atoms with van der Waals surface area (Å²) < 4.78 is 5.01. The molecular formula is C14H26N2O4. The first-order chi connectivity index (χ1) is 9.51. The van der Waals surface area contributed by atoms with Crippen LogP contribution in [0.25, 0.3) is 0 Å². The Morgan fingerprint density at radius 1 is 1.05 bits per heavy atom. The summed E-state index contributed by atoms with van der Waals surface area (Å²) in [6, 6.07) is 0.393. The minimum absolute atomic E-state index is 0.0717. The number of piperazine rings is 1. The molecule has 1 aliphatic heterocycles. The van der Waals surface area contributed by atoms with Gasteiger partial charge in [-0.2, -0.15) is 0 Å². The van der Waals surface area contributed by atoms with Crippen LogP contribution in [-0.2, 0) is 14.3 Å². The van der Waals surface area contributed by atoms with Crippen molar-refractivity contribution in [3.63, 3.8) is 0 Å². The van der Waals surface area contributed by atoms with Gasteiger partial charge in [-0.15, -0.1) is 0 Å². The van der Waals surface area contributed by atoms with E-state index in [-0.39, 0.29) is 24.6 Å². The number of carbonyl (C=O) groups is 2. The van der Waals surface area contributed by atoms with E-state index in [0.717, 1.165) is 19.4 Å². The molecule has 1 rings (SSSR count). The highest BCUT2D eigenvalue weighted by Crippen LogP contribution is 2.19. The number of esters is 1. The Morgan fingerprint density at radius 3 is 1.95 bits per heavy atom. The molecule has 1 saturated heterocycles. The van der Waals surface area contributed by atoms with Crippen LogP contribution in [0.3, 0.4) is 0 Å². The Labute approximate surface area is 120 Å². The summed E-state index contributed by atoms with van der Waals surface area (Å²) in [4.78, 5) is 26.7. The Hall–Kier alpha value is -1.14. The van der Waals surface area contributed by atoms with E-state index in [1.807, 2.05) is 11.8 Å². The second-order valence-corrected chi connectivity index (χ2v) is 5.18. The zero-order valence-corrected chi connectivity index (χ0v) is 12.7. The summed E-state index contributed by atoms with van der Waals surface area (Å²) >= 11 is 0. The van der Waals surface area contributed by atoms with Gasteiger partial charge in [-0.1, -0.05) is 13.8 Å². The Balaban J connectivity index is 2.68. The van der Waals surface area contributed by atoms with E-state index in [2.05, 4.69) is 11.8 Å². The van der Waals surface area contributed by atoms with Crippen LogP contribution in [-0.4, -0.2) is 71.7 Å². The first-order valence-electron chi connectivity index (χ1n) is 7.37. The lowest BCUT2D eigenvalue weighted by molar-refractivity contribution is -0.148. The third-order valence-corrected chi connectivity index (χ3v) is 3.84. The summed E-state index contributed by atoms with van der Waals surface area (Å²) in [5.74, 6) is -0.996. The van der Waals surface area contributed by atoms with Crippen LogP contribution in [0.5, 0.6) is 0 Å². The van der Waals surface area contributed by atoms with Crippen LogP contribution in [0.4, 0.5) is 0 Å². The second-order valence-electron chi connectivity index (χ2n) is 5.18. The molecular weight excluding hydrogens is 260 g/mol. The molecule has 6 nitrogen and oxygen atoms in total. The van der Waals surface area contributed by atoms with Crippen LogP contribution >= 0.6 is 0 Å². The lowest BCUT2D eigenvalue weighted by atomic mass is 10.0. The van der Waals surface area contributed by atoms with E-state index in [1.165, 1.54) is 0 Å². The predicted molar refractivity (Wildman–Crippen MR) is 75.6 cm³/mol. The van der Waals surface area contributed by atoms with Gasteiger partial charge in [0.25, 0.3) is 0 Å². The smallest absolute Gasteiger partial charge is 0.320 e. The minimum Gasteiger partial charge on any atom is -0.480 e. The molecule has 0 aromatic heterocycles. The number of rotatable bonds is 7. The molecule has 116 valence electrons. The van der Waals surface area contributed by atoms with Crippen molar-refractivity contribution in [3.05, 3.63) is 0 Å². The average molecular weight is 286 g/mol.